The van der Waals surface area contributed by atoms with E-state index in [1.54, 1.807) is 0 Å². The quantitative estimate of drug-likeness (QED) is 0.706. The molecule has 4 rings (SSSR count). The normalized spacial score (nSPS) is 28.9. The lowest BCUT2D eigenvalue weighted by molar-refractivity contribution is -0.128. The highest BCUT2D eigenvalue weighted by Crippen LogP contribution is 2.32. The lowest BCUT2D eigenvalue weighted by Gasteiger charge is -2.45. The van der Waals surface area contributed by atoms with Crippen LogP contribution in [0.3, 0.4) is 0 Å². The molecule has 2 N–H and O–H groups in total. The standard InChI is InChI=1S/C14H24N6O2S2/c1-19-11(15-21-13(17-19)3-7-23-8-4-13)12-16-22-14(18-20(12)2)5-9-24-10-6-14/h17-18H,3-10H2,1-2H3. The highest BCUT2D eigenvalue weighted by atomic mass is 32.2. The van der Waals surface area contributed by atoms with Crippen molar-refractivity contribution in [1.82, 2.24) is 20.9 Å². The minimum Gasteiger partial charge on any atom is -0.369 e. The van der Waals surface area contributed by atoms with E-state index in [-0.39, 0.29) is 11.4 Å². The van der Waals surface area contributed by atoms with Crippen LogP contribution in [0.5, 0.6) is 0 Å². The molecular weight excluding hydrogens is 348 g/mol. The maximum Gasteiger partial charge on any atom is 0.230 e. The van der Waals surface area contributed by atoms with Gasteiger partial charge in [0, 0.05) is 39.8 Å². The summed E-state index contributed by atoms with van der Waals surface area (Å²) in [6.07, 6.45) is 3.76. The van der Waals surface area contributed by atoms with Gasteiger partial charge in [0.15, 0.2) is 0 Å². The summed E-state index contributed by atoms with van der Waals surface area (Å²) < 4.78 is 0. The Labute approximate surface area is 150 Å². The second-order valence-electron chi connectivity index (χ2n) is 6.57. The van der Waals surface area contributed by atoms with Gasteiger partial charge in [0.05, 0.1) is 0 Å². The molecule has 2 spiro atoms. The van der Waals surface area contributed by atoms with E-state index in [0.717, 1.165) is 48.7 Å². The van der Waals surface area contributed by atoms with Gasteiger partial charge < -0.3 is 9.68 Å². The van der Waals surface area contributed by atoms with Crippen LogP contribution in [0.1, 0.15) is 25.7 Å². The Balaban J connectivity index is 1.51. The molecule has 0 radical (unpaired) electrons. The van der Waals surface area contributed by atoms with Crippen molar-refractivity contribution >= 4 is 35.2 Å². The molecule has 0 saturated carbocycles. The predicted octanol–water partition coefficient (Wildman–Crippen LogP) is 0.993. The zero-order chi connectivity index (χ0) is 16.6. The molecule has 4 heterocycles. The number of hydrogen-bond acceptors (Lipinski definition) is 10. The molecule has 4 aliphatic rings. The molecule has 10 heteroatoms. The summed E-state index contributed by atoms with van der Waals surface area (Å²) in [6, 6.07) is 0. The lowest BCUT2D eigenvalue weighted by atomic mass is 10.1. The lowest BCUT2D eigenvalue weighted by Crippen LogP contribution is -2.67. The van der Waals surface area contributed by atoms with E-state index in [1.165, 1.54) is 0 Å². The number of hydrogen-bond donors (Lipinski definition) is 2. The fraction of sp³-hybridized carbons (Fsp3) is 0.857. The molecule has 8 nitrogen and oxygen atoms in total. The maximum absolute atomic E-state index is 5.86. The number of nitrogens with zero attached hydrogens (tertiary/aromatic N) is 4. The minimum absolute atomic E-state index is 0.382. The molecular formula is C14H24N6O2S2. The third-order valence-electron chi connectivity index (χ3n) is 4.79. The topological polar surface area (TPSA) is 73.7 Å². The van der Waals surface area contributed by atoms with Crippen LogP contribution in [-0.4, -0.2) is 70.2 Å². The number of oxime groups is 2. The zero-order valence-corrected chi connectivity index (χ0v) is 15.7. The van der Waals surface area contributed by atoms with Crippen molar-refractivity contribution in [2.75, 3.05) is 37.1 Å². The van der Waals surface area contributed by atoms with E-state index in [9.17, 15) is 0 Å². The Hall–Kier alpha value is -0.840. The Morgan fingerprint density at radius 2 is 1.17 bits per heavy atom. The number of rotatable bonds is 1. The molecule has 0 aliphatic carbocycles. The van der Waals surface area contributed by atoms with Crippen LogP contribution in [0.2, 0.25) is 0 Å². The summed E-state index contributed by atoms with van der Waals surface area (Å²) in [5.74, 6) is 5.56. The van der Waals surface area contributed by atoms with Crippen molar-refractivity contribution in [2.24, 2.45) is 10.3 Å². The average molecular weight is 373 g/mol. The summed E-state index contributed by atoms with van der Waals surface area (Å²) in [5, 5.41) is 12.5. The van der Waals surface area contributed by atoms with E-state index in [2.05, 4.69) is 21.2 Å². The maximum atomic E-state index is 5.86. The summed E-state index contributed by atoms with van der Waals surface area (Å²) in [7, 11) is 3.89. The third kappa shape index (κ3) is 3.04. The SMILES string of the molecule is CN1NC2(CCSCC2)ON=C1C1=NOC2(CCSCC2)NN1C. The summed E-state index contributed by atoms with van der Waals surface area (Å²) >= 11 is 3.91. The predicted molar refractivity (Wildman–Crippen MR) is 97.4 cm³/mol. The smallest absolute Gasteiger partial charge is 0.230 e. The second kappa shape index (κ2) is 6.47. The first kappa shape index (κ1) is 16.6. The van der Waals surface area contributed by atoms with Crippen LogP contribution in [-0.2, 0) is 9.68 Å². The van der Waals surface area contributed by atoms with Gasteiger partial charge in [0.25, 0.3) is 0 Å². The monoisotopic (exact) mass is 372 g/mol. The van der Waals surface area contributed by atoms with Crippen molar-refractivity contribution in [3.8, 4) is 0 Å². The van der Waals surface area contributed by atoms with Crippen LogP contribution in [0.15, 0.2) is 10.3 Å². The molecule has 0 bridgehead atoms. The first-order chi connectivity index (χ1) is 11.6. The molecule has 4 aliphatic heterocycles. The van der Waals surface area contributed by atoms with Gasteiger partial charge in [-0.2, -0.15) is 34.4 Å². The summed E-state index contributed by atoms with van der Waals surface area (Å²) in [6.45, 7) is 0. The van der Waals surface area contributed by atoms with Crippen LogP contribution in [0.4, 0.5) is 0 Å². The van der Waals surface area contributed by atoms with Crippen LogP contribution in [0.25, 0.3) is 0 Å². The molecule has 2 saturated heterocycles. The van der Waals surface area contributed by atoms with Crippen molar-refractivity contribution in [3.05, 3.63) is 0 Å². The number of amidine groups is 2. The van der Waals surface area contributed by atoms with Gasteiger partial charge in [-0.1, -0.05) is 10.3 Å². The fourth-order valence-electron chi connectivity index (χ4n) is 3.33. The van der Waals surface area contributed by atoms with Gasteiger partial charge in [-0.15, -0.1) is 0 Å². The summed E-state index contributed by atoms with van der Waals surface area (Å²) in [4.78, 5) is 11.7. The van der Waals surface area contributed by atoms with E-state index in [0.29, 0.717) is 11.7 Å². The number of thioether (sulfide) groups is 2. The minimum atomic E-state index is -0.382. The first-order valence-electron chi connectivity index (χ1n) is 8.33. The second-order valence-corrected chi connectivity index (χ2v) is 9.02. The van der Waals surface area contributed by atoms with Crippen LogP contribution in [0, 0.1) is 0 Å². The van der Waals surface area contributed by atoms with Crippen LogP contribution >= 0.6 is 23.5 Å². The Kier molecular flexibility index (Phi) is 4.48. The largest absolute Gasteiger partial charge is 0.369 e. The molecule has 2 fully saturated rings. The molecule has 0 unspecified atom stereocenters. The van der Waals surface area contributed by atoms with Crippen molar-refractivity contribution < 1.29 is 9.68 Å². The van der Waals surface area contributed by atoms with E-state index < -0.39 is 0 Å². The number of likely N-dealkylation sites (N-methyl/N-ethyl adjacent to an activating group) is 2. The fourth-order valence-corrected chi connectivity index (χ4v) is 5.64. The van der Waals surface area contributed by atoms with Crippen molar-refractivity contribution in [2.45, 2.75) is 37.1 Å². The Morgan fingerprint density at radius 3 is 1.50 bits per heavy atom. The van der Waals surface area contributed by atoms with Gasteiger partial charge in [-0.25, -0.2) is 0 Å². The molecule has 0 atom stereocenters. The highest BCUT2D eigenvalue weighted by molar-refractivity contribution is 7.99. The third-order valence-corrected chi connectivity index (χ3v) is 6.76. The molecule has 0 aromatic rings. The molecule has 0 aromatic heterocycles. The molecule has 0 amide bonds. The Morgan fingerprint density at radius 1 is 0.792 bits per heavy atom. The van der Waals surface area contributed by atoms with Gasteiger partial charge in [0.2, 0.25) is 23.1 Å². The van der Waals surface area contributed by atoms with Gasteiger partial charge in [-0.3, -0.25) is 10.0 Å². The molecule has 0 aromatic carbocycles. The zero-order valence-electron chi connectivity index (χ0n) is 14.1. The Bertz CT molecular complexity index is 497. The first-order valence-corrected chi connectivity index (χ1v) is 10.6. The van der Waals surface area contributed by atoms with Crippen LogP contribution < -0.4 is 10.9 Å². The van der Waals surface area contributed by atoms with Crippen molar-refractivity contribution in [1.29, 1.82) is 0 Å². The molecule has 134 valence electrons. The van der Waals surface area contributed by atoms with E-state index >= 15 is 0 Å². The number of nitrogens with one attached hydrogen (secondary N) is 2. The molecule has 24 heavy (non-hydrogen) atoms. The van der Waals surface area contributed by atoms with E-state index in [1.807, 2.05) is 47.6 Å². The average Bonchev–Trinajstić information content (AvgIpc) is 2.58. The van der Waals surface area contributed by atoms with Gasteiger partial charge in [0.1, 0.15) is 0 Å². The van der Waals surface area contributed by atoms with Gasteiger partial charge in [-0.05, 0) is 23.0 Å². The van der Waals surface area contributed by atoms with Gasteiger partial charge >= 0.3 is 0 Å². The summed E-state index contributed by atoms with van der Waals surface area (Å²) in [5.41, 5.74) is 6.12. The highest BCUT2D eigenvalue weighted by Gasteiger charge is 2.44. The number of hydrazine groups is 2. The van der Waals surface area contributed by atoms with E-state index in [4.69, 9.17) is 9.68 Å². The van der Waals surface area contributed by atoms with Crippen molar-refractivity contribution in [3.63, 3.8) is 0 Å².